The summed E-state index contributed by atoms with van der Waals surface area (Å²) in [4.78, 5) is 14.9. The Morgan fingerprint density at radius 2 is 2.00 bits per heavy atom. The molecule has 1 amide bonds. The Morgan fingerprint density at radius 1 is 1.25 bits per heavy atom. The molecule has 156 valence electrons. The first-order valence-corrected chi connectivity index (χ1v) is 11.1. The number of hydrogen-bond acceptors (Lipinski definition) is 5. The van der Waals surface area contributed by atoms with E-state index in [4.69, 9.17) is 9.26 Å². The van der Waals surface area contributed by atoms with E-state index in [1.807, 2.05) is 0 Å². The number of ether oxygens (including phenoxy) is 1. The molecule has 1 aromatic rings. The van der Waals surface area contributed by atoms with E-state index in [-0.39, 0.29) is 23.3 Å². The van der Waals surface area contributed by atoms with E-state index in [1.54, 1.807) is 0 Å². The fraction of sp³-hybridized carbons (Fsp3) is 0.818. The molecule has 3 aliphatic rings. The molecule has 4 rings (SSSR count). The van der Waals surface area contributed by atoms with Crippen molar-refractivity contribution >= 4 is 5.91 Å². The van der Waals surface area contributed by atoms with Gasteiger partial charge in [0, 0.05) is 31.1 Å². The minimum absolute atomic E-state index is 0.105. The Hall–Kier alpha value is -1.40. The van der Waals surface area contributed by atoms with Gasteiger partial charge in [0.25, 0.3) is 0 Å². The predicted molar refractivity (Wildman–Crippen MR) is 107 cm³/mol. The molecule has 0 unspecified atom stereocenters. The monoisotopic (exact) mass is 389 g/mol. The smallest absolute Gasteiger partial charge is 0.223 e. The summed E-state index contributed by atoms with van der Waals surface area (Å²) >= 11 is 0. The molecule has 2 heterocycles. The van der Waals surface area contributed by atoms with Crippen LogP contribution in [0.15, 0.2) is 10.6 Å². The maximum atomic E-state index is 12.6. The summed E-state index contributed by atoms with van der Waals surface area (Å²) < 4.78 is 11.0. The Labute approximate surface area is 168 Å². The van der Waals surface area contributed by atoms with Crippen LogP contribution in [0.25, 0.3) is 0 Å². The first-order chi connectivity index (χ1) is 13.5. The molecule has 1 N–H and O–H groups in total. The van der Waals surface area contributed by atoms with Crippen LogP contribution < -0.4 is 5.32 Å². The molecule has 1 aromatic heterocycles. The number of carbonyl (C=O) groups excluding carboxylic acids is 1. The molecule has 3 fully saturated rings. The van der Waals surface area contributed by atoms with Gasteiger partial charge < -0.3 is 14.6 Å². The van der Waals surface area contributed by atoms with Gasteiger partial charge in [-0.25, -0.2) is 0 Å². The highest BCUT2D eigenvalue weighted by Gasteiger charge is 2.49. The largest absolute Gasteiger partial charge is 0.379 e. The molecule has 6 nitrogen and oxygen atoms in total. The third kappa shape index (κ3) is 4.43. The van der Waals surface area contributed by atoms with Crippen molar-refractivity contribution in [2.24, 2.45) is 17.3 Å². The quantitative estimate of drug-likeness (QED) is 0.809. The van der Waals surface area contributed by atoms with Gasteiger partial charge in [-0.3, -0.25) is 9.69 Å². The maximum absolute atomic E-state index is 12.6. The Morgan fingerprint density at radius 3 is 2.71 bits per heavy atom. The Bertz CT molecular complexity index is 660. The second kappa shape index (κ2) is 8.54. The highest BCUT2D eigenvalue weighted by Crippen LogP contribution is 2.48. The lowest BCUT2D eigenvalue weighted by Crippen LogP contribution is -2.59. The van der Waals surface area contributed by atoms with Crippen LogP contribution in [0.1, 0.15) is 63.8 Å². The zero-order chi connectivity index (χ0) is 19.6. The number of morpholine rings is 1. The van der Waals surface area contributed by atoms with E-state index in [0.29, 0.717) is 5.92 Å². The summed E-state index contributed by atoms with van der Waals surface area (Å²) in [5, 5.41) is 7.66. The standard InChI is InChI=1S/C22H35N3O3/c1-22(2)17(13-20(22)23-21(26)16-6-4-3-5-7-16)12-18-14-19(28-24-18)15-25-8-10-27-11-9-25/h14,16-17,20H,3-13,15H2,1-2H3,(H,23,26)/t17-,20+/m1/s1. The summed E-state index contributed by atoms with van der Waals surface area (Å²) in [6.07, 6.45) is 7.78. The lowest BCUT2D eigenvalue weighted by Gasteiger charge is -2.52. The van der Waals surface area contributed by atoms with Crippen LogP contribution in [-0.4, -0.2) is 48.3 Å². The second-order valence-corrected chi connectivity index (χ2v) is 9.53. The highest BCUT2D eigenvalue weighted by molar-refractivity contribution is 5.79. The first-order valence-electron chi connectivity index (χ1n) is 11.1. The SMILES string of the molecule is CC1(C)[C@H](Cc2cc(CN3CCOCC3)on2)C[C@@H]1NC(=O)C1CCCCC1. The van der Waals surface area contributed by atoms with E-state index in [2.05, 4.69) is 35.3 Å². The number of hydrogen-bond donors (Lipinski definition) is 1. The second-order valence-electron chi connectivity index (χ2n) is 9.53. The fourth-order valence-electron chi connectivity index (χ4n) is 5.02. The van der Waals surface area contributed by atoms with E-state index >= 15 is 0 Å². The molecule has 0 radical (unpaired) electrons. The van der Waals surface area contributed by atoms with Crippen molar-refractivity contribution in [1.82, 2.24) is 15.4 Å². The van der Waals surface area contributed by atoms with Crippen molar-refractivity contribution in [3.8, 4) is 0 Å². The molecule has 2 aliphatic carbocycles. The zero-order valence-corrected chi connectivity index (χ0v) is 17.4. The van der Waals surface area contributed by atoms with Crippen molar-refractivity contribution in [3.05, 3.63) is 17.5 Å². The topological polar surface area (TPSA) is 67.6 Å². The molecular weight excluding hydrogens is 354 g/mol. The van der Waals surface area contributed by atoms with Gasteiger partial charge in [0.15, 0.2) is 5.76 Å². The number of carbonyl (C=O) groups is 1. The molecule has 0 bridgehead atoms. The Balaban J connectivity index is 1.26. The third-order valence-corrected chi connectivity index (χ3v) is 7.31. The van der Waals surface area contributed by atoms with Gasteiger partial charge in [0.2, 0.25) is 5.91 Å². The van der Waals surface area contributed by atoms with Gasteiger partial charge in [-0.15, -0.1) is 0 Å². The molecule has 2 atom stereocenters. The molecule has 0 spiro atoms. The van der Waals surface area contributed by atoms with Crippen LogP contribution in [0.4, 0.5) is 0 Å². The number of rotatable bonds is 6. The van der Waals surface area contributed by atoms with Crippen molar-refractivity contribution < 1.29 is 14.1 Å². The summed E-state index contributed by atoms with van der Waals surface area (Å²) in [5.41, 5.74) is 1.14. The maximum Gasteiger partial charge on any atom is 0.223 e. The summed E-state index contributed by atoms with van der Waals surface area (Å²) in [6.45, 7) is 8.87. The van der Waals surface area contributed by atoms with Gasteiger partial charge >= 0.3 is 0 Å². The summed E-state index contributed by atoms with van der Waals surface area (Å²) in [6, 6.07) is 2.39. The van der Waals surface area contributed by atoms with Crippen LogP contribution in [0.3, 0.4) is 0 Å². The predicted octanol–water partition coefficient (Wildman–Crippen LogP) is 3.16. The van der Waals surface area contributed by atoms with E-state index in [1.165, 1.54) is 19.3 Å². The van der Waals surface area contributed by atoms with Crippen LogP contribution in [0.2, 0.25) is 0 Å². The van der Waals surface area contributed by atoms with E-state index in [9.17, 15) is 4.79 Å². The minimum atomic E-state index is 0.105. The molecule has 6 heteroatoms. The van der Waals surface area contributed by atoms with Crippen molar-refractivity contribution in [3.63, 3.8) is 0 Å². The lowest BCUT2D eigenvalue weighted by molar-refractivity contribution is -0.130. The van der Waals surface area contributed by atoms with Crippen molar-refractivity contribution in [2.75, 3.05) is 26.3 Å². The summed E-state index contributed by atoms with van der Waals surface area (Å²) in [7, 11) is 0. The zero-order valence-electron chi connectivity index (χ0n) is 17.4. The van der Waals surface area contributed by atoms with Gasteiger partial charge in [0.05, 0.1) is 25.5 Å². The van der Waals surface area contributed by atoms with E-state index < -0.39 is 0 Å². The first kappa shape index (κ1) is 19.9. The average molecular weight is 390 g/mol. The van der Waals surface area contributed by atoms with Crippen LogP contribution in [0, 0.1) is 17.3 Å². The van der Waals surface area contributed by atoms with Gasteiger partial charge in [0.1, 0.15) is 0 Å². The van der Waals surface area contributed by atoms with Crippen LogP contribution in [0.5, 0.6) is 0 Å². The lowest BCUT2D eigenvalue weighted by atomic mass is 9.57. The molecular formula is C22H35N3O3. The van der Waals surface area contributed by atoms with E-state index in [0.717, 1.165) is 70.0 Å². The molecule has 2 saturated carbocycles. The number of nitrogens with one attached hydrogen (secondary N) is 1. The molecule has 1 aliphatic heterocycles. The third-order valence-electron chi connectivity index (χ3n) is 7.31. The normalized spacial score (nSPS) is 28.6. The molecule has 1 saturated heterocycles. The van der Waals surface area contributed by atoms with Crippen LogP contribution >= 0.6 is 0 Å². The Kier molecular flexibility index (Phi) is 6.07. The molecule has 28 heavy (non-hydrogen) atoms. The summed E-state index contributed by atoms with van der Waals surface area (Å²) in [5.74, 6) is 1.99. The van der Waals surface area contributed by atoms with Crippen molar-refractivity contribution in [2.45, 2.75) is 71.4 Å². The van der Waals surface area contributed by atoms with Crippen LogP contribution in [-0.2, 0) is 22.5 Å². The fourth-order valence-corrected chi connectivity index (χ4v) is 5.02. The number of amides is 1. The van der Waals surface area contributed by atoms with Gasteiger partial charge in [-0.1, -0.05) is 38.3 Å². The number of nitrogens with zero attached hydrogens (tertiary/aromatic N) is 2. The van der Waals surface area contributed by atoms with Crippen molar-refractivity contribution in [1.29, 1.82) is 0 Å². The highest BCUT2D eigenvalue weighted by atomic mass is 16.5. The van der Waals surface area contributed by atoms with Gasteiger partial charge in [-0.2, -0.15) is 0 Å². The average Bonchev–Trinajstić information content (AvgIpc) is 3.15. The minimum Gasteiger partial charge on any atom is -0.379 e. The van der Waals surface area contributed by atoms with Gasteiger partial charge in [-0.05, 0) is 37.0 Å². The molecule has 0 aromatic carbocycles. The number of aromatic nitrogens is 1.